The van der Waals surface area contributed by atoms with Crippen LogP contribution in [0.3, 0.4) is 0 Å². The number of benzene rings is 1. The van der Waals surface area contributed by atoms with E-state index < -0.39 is 0 Å². The largest absolute Gasteiger partial charge is 0.335 e. The number of urea groups is 1. The lowest BCUT2D eigenvalue weighted by molar-refractivity contribution is 0.233. The zero-order valence-electron chi connectivity index (χ0n) is 12.0. The van der Waals surface area contributed by atoms with Crippen molar-refractivity contribution in [1.82, 2.24) is 5.32 Å². The van der Waals surface area contributed by atoms with E-state index in [9.17, 15) is 4.79 Å². The minimum absolute atomic E-state index is 0.0572. The van der Waals surface area contributed by atoms with E-state index in [1.165, 1.54) is 0 Å². The fourth-order valence-electron chi connectivity index (χ4n) is 1.52. The van der Waals surface area contributed by atoms with Crippen LogP contribution in [0.25, 0.3) is 0 Å². The van der Waals surface area contributed by atoms with Gasteiger partial charge in [-0.05, 0) is 30.4 Å². The highest BCUT2D eigenvalue weighted by atomic mass is 16.2. The lowest BCUT2D eigenvalue weighted by atomic mass is 9.88. The zero-order valence-corrected chi connectivity index (χ0v) is 12.0. The fraction of sp³-hybridized carbons (Fsp3) is 0.533. The minimum Gasteiger partial charge on any atom is -0.335 e. The smallest absolute Gasteiger partial charge is 0.319 e. The van der Waals surface area contributed by atoms with Gasteiger partial charge < -0.3 is 10.6 Å². The maximum Gasteiger partial charge on any atom is 0.319 e. The van der Waals surface area contributed by atoms with Gasteiger partial charge >= 0.3 is 6.03 Å². The molecule has 1 atom stereocenters. The third kappa shape index (κ3) is 4.06. The molecule has 0 aliphatic carbocycles. The van der Waals surface area contributed by atoms with Gasteiger partial charge in [-0.15, -0.1) is 0 Å². The van der Waals surface area contributed by atoms with Gasteiger partial charge in [-0.25, -0.2) is 4.79 Å². The first-order valence-electron chi connectivity index (χ1n) is 6.50. The van der Waals surface area contributed by atoms with Gasteiger partial charge in [0.25, 0.3) is 0 Å². The number of anilines is 1. The summed E-state index contributed by atoms with van der Waals surface area (Å²) in [6, 6.07) is 7.86. The van der Waals surface area contributed by atoms with Crippen molar-refractivity contribution in [1.29, 1.82) is 0 Å². The monoisotopic (exact) mass is 248 g/mol. The molecule has 1 rings (SSSR count). The molecule has 1 aromatic rings. The van der Waals surface area contributed by atoms with Gasteiger partial charge in [-0.2, -0.15) is 0 Å². The average Bonchev–Trinajstić information content (AvgIpc) is 2.28. The van der Waals surface area contributed by atoms with E-state index in [1.54, 1.807) is 0 Å². The number of nitrogens with one attached hydrogen (secondary N) is 2. The molecular formula is C15H24N2O. The number of rotatable bonds is 3. The molecule has 0 saturated carbocycles. The molecule has 100 valence electrons. The topological polar surface area (TPSA) is 41.1 Å². The Morgan fingerprint density at radius 3 is 2.44 bits per heavy atom. The van der Waals surface area contributed by atoms with Crippen LogP contribution in [0.1, 0.15) is 40.2 Å². The molecule has 0 heterocycles. The first-order chi connectivity index (χ1) is 8.34. The highest BCUT2D eigenvalue weighted by Crippen LogP contribution is 2.19. The van der Waals surface area contributed by atoms with E-state index in [0.29, 0.717) is 0 Å². The fourth-order valence-corrected chi connectivity index (χ4v) is 1.52. The van der Waals surface area contributed by atoms with Crippen LogP contribution in [-0.2, 0) is 6.42 Å². The predicted octanol–water partition coefficient (Wildman–Crippen LogP) is 3.81. The second kappa shape index (κ2) is 5.89. The van der Waals surface area contributed by atoms with Crippen LogP contribution in [0, 0.1) is 5.41 Å². The van der Waals surface area contributed by atoms with E-state index in [4.69, 9.17) is 0 Å². The lowest BCUT2D eigenvalue weighted by Gasteiger charge is -2.28. The van der Waals surface area contributed by atoms with Crippen LogP contribution in [0.15, 0.2) is 24.3 Å². The van der Waals surface area contributed by atoms with Crippen molar-refractivity contribution in [2.24, 2.45) is 5.41 Å². The molecule has 18 heavy (non-hydrogen) atoms. The third-order valence-corrected chi connectivity index (χ3v) is 3.29. The molecule has 2 amide bonds. The molecule has 2 N–H and O–H groups in total. The van der Waals surface area contributed by atoms with Crippen LogP contribution in [0.5, 0.6) is 0 Å². The van der Waals surface area contributed by atoms with E-state index in [1.807, 2.05) is 31.2 Å². The van der Waals surface area contributed by atoms with Crippen LogP contribution >= 0.6 is 0 Å². The molecule has 3 nitrogen and oxygen atoms in total. The van der Waals surface area contributed by atoms with Gasteiger partial charge in [0.05, 0.1) is 0 Å². The molecule has 1 unspecified atom stereocenters. The number of para-hydroxylation sites is 1. The summed E-state index contributed by atoms with van der Waals surface area (Å²) in [6.45, 7) is 10.4. The Hall–Kier alpha value is -1.51. The summed E-state index contributed by atoms with van der Waals surface area (Å²) in [5.41, 5.74) is 2.09. The second-order valence-corrected chi connectivity index (χ2v) is 5.70. The Balaban J connectivity index is 2.65. The molecule has 0 aliphatic rings. The van der Waals surface area contributed by atoms with Crippen LogP contribution in [0.4, 0.5) is 10.5 Å². The van der Waals surface area contributed by atoms with Crippen molar-refractivity contribution in [3.8, 4) is 0 Å². The number of amides is 2. The van der Waals surface area contributed by atoms with Gasteiger partial charge in [0, 0.05) is 11.7 Å². The SMILES string of the molecule is CCc1ccccc1NC(=O)NC(C)C(C)(C)C. The number of aryl methyl sites for hydroxylation is 1. The molecule has 1 aromatic carbocycles. The first kappa shape index (κ1) is 14.6. The van der Waals surface area contributed by atoms with Gasteiger partial charge in [0.2, 0.25) is 0 Å². The number of hydrogen-bond donors (Lipinski definition) is 2. The molecule has 0 spiro atoms. The summed E-state index contributed by atoms with van der Waals surface area (Å²) in [7, 11) is 0. The summed E-state index contributed by atoms with van der Waals surface area (Å²) < 4.78 is 0. The molecule has 0 saturated heterocycles. The molecule has 0 radical (unpaired) electrons. The lowest BCUT2D eigenvalue weighted by Crippen LogP contribution is -2.43. The Morgan fingerprint density at radius 2 is 1.89 bits per heavy atom. The van der Waals surface area contributed by atoms with Crippen molar-refractivity contribution >= 4 is 11.7 Å². The third-order valence-electron chi connectivity index (χ3n) is 3.29. The highest BCUT2D eigenvalue weighted by molar-refractivity contribution is 5.90. The Labute approximate surface area is 110 Å². The van der Waals surface area contributed by atoms with Crippen molar-refractivity contribution < 1.29 is 4.79 Å². The predicted molar refractivity (Wildman–Crippen MR) is 76.9 cm³/mol. The molecule has 0 bridgehead atoms. The van der Waals surface area contributed by atoms with Gasteiger partial charge in [-0.3, -0.25) is 0 Å². The Morgan fingerprint density at radius 1 is 1.28 bits per heavy atom. The quantitative estimate of drug-likeness (QED) is 0.839. The average molecular weight is 248 g/mol. The molecule has 0 aromatic heterocycles. The zero-order chi connectivity index (χ0) is 13.8. The maximum atomic E-state index is 11.9. The number of carbonyl (C=O) groups is 1. The Kier molecular flexibility index (Phi) is 4.76. The van der Waals surface area contributed by atoms with Crippen molar-refractivity contribution in [3.05, 3.63) is 29.8 Å². The number of hydrogen-bond acceptors (Lipinski definition) is 1. The van der Waals surface area contributed by atoms with Gasteiger partial charge in [-0.1, -0.05) is 45.9 Å². The van der Waals surface area contributed by atoms with E-state index in [2.05, 4.69) is 38.3 Å². The van der Waals surface area contributed by atoms with E-state index >= 15 is 0 Å². The molecule has 3 heteroatoms. The van der Waals surface area contributed by atoms with Crippen molar-refractivity contribution in [2.45, 2.75) is 47.1 Å². The summed E-state index contributed by atoms with van der Waals surface area (Å²) >= 11 is 0. The Bertz CT molecular complexity index is 407. The normalized spacial score (nSPS) is 12.9. The second-order valence-electron chi connectivity index (χ2n) is 5.70. The summed E-state index contributed by atoms with van der Waals surface area (Å²) in [6.07, 6.45) is 0.908. The van der Waals surface area contributed by atoms with Crippen LogP contribution in [0.2, 0.25) is 0 Å². The van der Waals surface area contributed by atoms with Gasteiger partial charge in [0.15, 0.2) is 0 Å². The van der Waals surface area contributed by atoms with Crippen LogP contribution in [-0.4, -0.2) is 12.1 Å². The molecule has 0 fully saturated rings. The standard InChI is InChI=1S/C15H24N2O/c1-6-12-9-7-8-10-13(12)17-14(18)16-11(2)15(3,4)5/h7-11H,6H2,1-5H3,(H2,16,17,18). The van der Waals surface area contributed by atoms with E-state index in [-0.39, 0.29) is 17.5 Å². The van der Waals surface area contributed by atoms with E-state index in [0.717, 1.165) is 17.7 Å². The summed E-state index contributed by atoms with van der Waals surface area (Å²) in [4.78, 5) is 11.9. The summed E-state index contributed by atoms with van der Waals surface area (Å²) in [5, 5.41) is 5.88. The van der Waals surface area contributed by atoms with Gasteiger partial charge in [0.1, 0.15) is 0 Å². The molecule has 0 aliphatic heterocycles. The summed E-state index contributed by atoms with van der Waals surface area (Å²) in [5.74, 6) is 0. The van der Waals surface area contributed by atoms with Crippen molar-refractivity contribution in [3.63, 3.8) is 0 Å². The van der Waals surface area contributed by atoms with Crippen LogP contribution < -0.4 is 10.6 Å². The first-order valence-corrected chi connectivity index (χ1v) is 6.50. The molecular weight excluding hydrogens is 224 g/mol. The maximum absolute atomic E-state index is 11.9. The number of carbonyl (C=O) groups excluding carboxylic acids is 1. The van der Waals surface area contributed by atoms with Crippen molar-refractivity contribution in [2.75, 3.05) is 5.32 Å². The highest BCUT2D eigenvalue weighted by Gasteiger charge is 2.21. The minimum atomic E-state index is -0.140.